The first-order valence-corrected chi connectivity index (χ1v) is 9.49. The van der Waals surface area contributed by atoms with Crippen LogP contribution in [0.25, 0.3) is 0 Å². The van der Waals surface area contributed by atoms with Crippen molar-refractivity contribution in [3.8, 4) is 0 Å². The highest BCUT2D eigenvalue weighted by Crippen LogP contribution is 2.35. The van der Waals surface area contributed by atoms with Crippen molar-refractivity contribution < 1.29 is 17.9 Å². The third-order valence-electron chi connectivity index (χ3n) is 4.68. The van der Waals surface area contributed by atoms with Gasteiger partial charge in [0.05, 0.1) is 16.9 Å². The first-order valence-electron chi connectivity index (χ1n) is 7.67. The van der Waals surface area contributed by atoms with Gasteiger partial charge in [0, 0.05) is 19.3 Å². The number of benzene rings is 1. The third-order valence-corrected chi connectivity index (χ3v) is 6.44. The van der Waals surface area contributed by atoms with E-state index in [9.17, 15) is 13.2 Å². The molecule has 22 heavy (non-hydrogen) atoms. The summed E-state index contributed by atoms with van der Waals surface area (Å²) in [7, 11) is -3.00. The topological polar surface area (TPSA) is 72.5 Å². The van der Waals surface area contributed by atoms with E-state index in [2.05, 4.69) is 5.32 Å². The van der Waals surface area contributed by atoms with Gasteiger partial charge in [-0.2, -0.15) is 0 Å². The van der Waals surface area contributed by atoms with Crippen molar-refractivity contribution >= 4 is 15.7 Å². The van der Waals surface area contributed by atoms with Gasteiger partial charge in [0.1, 0.15) is 0 Å². The molecule has 0 saturated carbocycles. The summed E-state index contributed by atoms with van der Waals surface area (Å²) >= 11 is 0. The maximum absolute atomic E-state index is 12.9. The van der Waals surface area contributed by atoms with Crippen LogP contribution in [0.2, 0.25) is 0 Å². The van der Waals surface area contributed by atoms with Crippen molar-refractivity contribution in [2.24, 2.45) is 0 Å². The normalized spacial score (nSPS) is 26.5. The molecule has 0 aliphatic carbocycles. The molecular formula is C16H21NO4S. The Labute approximate surface area is 131 Å². The summed E-state index contributed by atoms with van der Waals surface area (Å²) in [5.41, 5.74) is 0.378. The molecule has 1 aromatic carbocycles. The predicted octanol–water partition coefficient (Wildman–Crippen LogP) is 1.04. The molecule has 6 heteroatoms. The number of amides is 1. The van der Waals surface area contributed by atoms with E-state index in [1.807, 2.05) is 30.3 Å². The van der Waals surface area contributed by atoms with E-state index in [1.54, 1.807) is 0 Å². The zero-order chi connectivity index (χ0) is 15.6. The SMILES string of the molecule is O=C(N[C@H]1CCS(=O)(=O)C1)C1(c2ccccc2)CCOCC1. The van der Waals surface area contributed by atoms with E-state index in [-0.39, 0.29) is 23.5 Å². The first kappa shape index (κ1) is 15.5. The Morgan fingerprint density at radius 1 is 1.18 bits per heavy atom. The lowest BCUT2D eigenvalue weighted by atomic mass is 9.73. The molecule has 2 aliphatic rings. The van der Waals surface area contributed by atoms with Gasteiger partial charge in [-0.1, -0.05) is 30.3 Å². The Kier molecular flexibility index (Phi) is 4.23. The summed E-state index contributed by atoms with van der Waals surface area (Å²) in [5, 5.41) is 2.97. The van der Waals surface area contributed by atoms with Crippen LogP contribution in [-0.2, 0) is 24.8 Å². The molecule has 0 bridgehead atoms. The van der Waals surface area contributed by atoms with E-state index < -0.39 is 15.3 Å². The number of carbonyl (C=O) groups excluding carboxylic acids is 1. The van der Waals surface area contributed by atoms with Crippen LogP contribution in [0.1, 0.15) is 24.8 Å². The predicted molar refractivity (Wildman–Crippen MR) is 83.4 cm³/mol. The van der Waals surface area contributed by atoms with Crippen LogP contribution in [0.5, 0.6) is 0 Å². The van der Waals surface area contributed by atoms with Gasteiger partial charge < -0.3 is 10.1 Å². The third kappa shape index (κ3) is 3.03. The van der Waals surface area contributed by atoms with Crippen molar-refractivity contribution in [2.75, 3.05) is 24.7 Å². The lowest BCUT2D eigenvalue weighted by molar-refractivity contribution is -0.131. The fourth-order valence-corrected chi connectivity index (χ4v) is 5.03. The lowest BCUT2D eigenvalue weighted by Crippen LogP contribution is -2.51. The van der Waals surface area contributed by atoms with Crippen LogP contribution in [0.4, 0.5) is 0 Å². The number of hydrogen-bond donors (Lipinski definition) is 1. The van der Waals surface area contributed by atoms with E-state index in [0.29, 0.717) is 32.5 Å². The number of rotatable bonds is 3. The smallest absolute Gasteiger partial charge is 0.231 e. The van der Waals surface area contributed by atoms with Gasteiger partial charge in [0.15, 0.2) is 9.84 Å². The Morgan fingerprint density at radius 3 is 2.45 bits per heavy atom. The molecule has 2 aliphatic heterocycles. The average Bonchev–Trinajstić information content (AvgIpc) is 2.87. The van der Waals surface area contributed by atoms with Gasteiger partial charge in [-0.15, -0.1) is 0 Å². The summed E-state index contributed by atoms with van der Waals surface area (Å²) in [4.78, 5) is 12.9. The van der Waals surface area contributed by atoms with Crippen molar-refractivity contribution in [3.63, 3.8) is 0 Å². The highest BCUT2D eigenvalue weighted by molar-refractivity contribution is 7.91. The summed E-state index contributed by atoms with van der Waals surface area (Å²) in [6.45, 7) is 1.09. The second-order valence-electron chi connectivity index (χ2n) is 6.13. The quantitative estimate of drug-likeness (QED) is 0.902. The number of sulfone groups is 1. The fourth-order valence-electron chi connectivity index (χ4n) is 3.36. The Morgan fingerprint density at radius 2 is 1.86 bits per heavy atom. The molecule has 2 heterocycles. The van der Waals surface area contributed by atoms with Crippen LogP contribution in [0.15, 0.2) is 30.3 Å². The van der Waals surface area contributed by atoms with Crippen LogP contribution < -0.4 is 5.32 Å². The molecule has 2 fully saturated rings. The second-order valence-corrected chi connectivity index (χ2v) is 8.36. The van der Waals surface area contributed by atoms with E-state index >= 15 is 0 Å². The molecule has 1 aromatic rings. The van der Waals surface area contributed by atoms with Gasteiger partial charge in [0.2, 0.25) is 5.91 Å². The fraction of sp³-hybridized carbons (Fsp3) is 0.562. The molecular weight excluding hydrogens is 302 g/mol. The second kappa shape index (κ2) is 6.01. The van der Waals surface area contributed by atoms with Gasteiger partial charge in [-0.3, -0.25) is 4.79 Å². The highest BCUT2D eigenvalue weighted by Gasteiger charge is 2.43. The number of ether oxygens (including phenoxy) is 1. The molecule has 1 N–H and O–H groups in total. The molecule has 5 nitrogen and oxygen atoms in total. The van der Waals surface area contributed by atoms with Crippen LogP contribution in [0.3, 0.4) is 0 Å². The van der Waals surface area contributed by atoms with Crippen molar-refractivity contribution in [1.29, 1.82) is 0 Å². The van der Waals surface area contributed by atoms with Crippen LogP contribution in [0, 0.1) is 0 Å². The van der Waals surface area contributed by atoms with Crippen molar-refractivity contribution in [1.82, 2.24) is 5.32 Å². The maximum Gasteiger partial charge on any atom is 0.231 e. The monoisotopic (exact) mass is 323 g/mol. The van der Waals surface area contributed by atoms with Gasteiger partial charge in [0.25, 0.3) is 0 Å². The molecule has 120 valence electrons. The van der Waals surface area contributed by atoms with Gasteiger partial charge in [-0.05, 0) is 24.8 Å². The van der Waals surface area contributed by atoms with Crippen molar-refractivity contribution in [2.45, 2.75) is 30.7 Å². The largest absolute Gasteiger partial charge is 0.381 e. The Bertz CT molecular complexity index is 635. The number of carbonyl (C=O) groups is 1. The molecule has 0 unspecified atom stereocenters. The van der Waals surface area contributed by atoms with E-state index in [0.717, 1.165) is 5.56 Å². The zero-order valence-electron chi connectivity index (χ0n) is 12.5. The van der Waals surface area contributed by atoms with Crippen molar-refractivity contribution in [3.05, 3.63) is 35.9 Å². The first-order chi connectivity index (χ1) is 10.5. The lowest BCUT2D eigenvalue weighted by Gasteiger charge is -2.37. The van der Waals surface area contributed by atoms with Gasteiger partial charge in [-0.25, -0.2) is 8.42 Å². The summed E-state index contributed by atoms with van der Waals surface area (Å²) < 4.78 is 28.6. The average molecular weight is 323 g/mol. The minimum atomic E-state index is -3.00. The Hall–Kier alpha value is -1.40. The molecule has 3 rings (SSSR count). The summed E-state index contributed by atoms with van der Waals surface area (Å²) in [6, 6.07) is 9.46. The molecule has 1 atom stereocenters. The number of nitrogens with one attached hydrogen (secondary N) is 1. The van der Waals surface area contributed by atoms with Crippen LogP contribution >= 0.6 is 0 Å². The molecule has 0 radical (unpaired) electrons. The minimum Gasteiger partial charge on any atom is -0.381 e. The van der Waals surface area contributed by atoms with E-state index in [1.165, 1.54) is 0 Å². The van der Waals surface area contributed by atoms with Gasteiger partial charge >= 0.3 is 0 Å². The molecule has 2 saturated heterocycles. The highest BCUT2D eigenvalue weighted by atomic mass is 32.2. The molecule has 0 aromatic heterocycles. The standard InChI is InChI=1S/C16H21NO4S/c18-15(17-14-6-11-22(19,20)12-14)16(7-9-21-10-8-16)13-4-2-1-3-5-13/h1-5,14H,6-12H2,(H,17,18)/t14-/m0/s1. The Balaban J connectivity index is 1.82. The van der Waals surface area contributed by atoms with Crippen LogP contribution in [-0.4, -0.2) is 45.1 Å². The summed E-state index contributed by atoms with van der Waals surface area (Å²) in [5.74, 6) is 0.156. The van der Waals surface area contributed by atoms with E-state index in [4.69, 9.17) is 4.74 Å². The summed E-state index contributed by atoms with van der Waals surface area (Å²) in [6.07, 6.45) is 1.76. The maximum atomic E-state index is 12.9. The molecule has 1 amide bonds. The number of hydrogen-bond acceptors (Lipinski definition) is 4. The minimum absolute atomic E-state index is 0.0557. The molecule has 0 spiro atoms. The zero-order valence-corrected chi connectivity index (χ0v) is 13.3.